The lowest BCUT2D eigenvalue weighted by molar-refractivity contribution is -0.865. The number of ether oxygens (including phenoxy) is 1. The average Bonchev–Trinajstić information content (AvgIpc) is 2.74. The predicted molar refractivity (Wildman–Crippen MR) is 105 cm³/mol. The summed E-state index contributed by atoms with van der Waals surface area (Å²) in [7, 11) is 8.48. The smallest absolute Gasteiger partial charge is 0.137 e. The second-order valence-corrected chi connectivity index (χ2v) is 8.45. The van der Waals surface area contributed by atoms with E-state index >= 15 is 0 Å². The number of quaternary nitrogens is 1. The van der Waals surface area contributed by atoms with Crippen molar-refractivity contribution >= 4 is 0 Å². The van der Waals surface area contributed by atoms with E-state index in [2.05, 4.69) is 57.3 Å². The number of alkyl halides is 1. The van der Waals surface area contributed by atoms with Gasteiger partial charge in [-0.3, -0.25) is 4.48 Å². The lowest BCUT2D eigenvalue weighted by Gasteiger charge is -2.40. The molecule has 4 heteroatoms. The standard InChI is InChI=1S/C22H34FN2O/c1-16-15-22-18(7-6-8-20(16)24(2)14-13-23)19-11-9-17(26-5)10-12-21(19)25(22,3)4/h7,9-10,12,16,20,22H,6,8,11,13-15H2,1-5H3/q+1. The summed E-state index contributed by atoms with van der Waals surface area (Å²) < 4.78 is 19.2. The van der Waals surface area contributed by atoms with E-state index in [0.717, 1.165) is 35.9 Å². The summed E-state index contributed by atoms with van der Waals surface area (Å²) >= 11 is 0. The van der Waals surface area contributed by atoms with Gasteiger partial charge in [-0.25, -0.2) is 4.39 Å². The summed E-state index contributed by atoms with van der Waals surface area (Å²) in [5.74, 6) is 1.50. The van der Waals surface area contributed by atoms with E-state index in [1.165, 1.54) is 16.8 Å². The minimum Gasteiger partial charge on any atom is -0.497 e. The zero-order chi connectivity index (χ0) is 18.9. The third kappa shape index (κ3) is 3.41. The minimum absolute atomic E-state index is 0.263. The second kappa shape index (κ2) is 7.69. The molecule has 3 rings (SSSR count). The molecule has 0 saturated heterocycles. The van der Waals surface area contributed by atoms with Crippen molar-refractivity contribution in [3.05, 3.63) is 46.9 Å². The second-order valence-electron chi connectivity index (χ2n) is 8.45. The van der Waals surface area contributed by atoms with Crippen molar-refractivity contribution in [2.75, 3.05) is 41.5 Å². The van der Waals surface area contributed by atoms with Gasteiger partial charge in [0.1, 0.15) is 24.2 Å². The number of hydrogen-bond acceptors (Lipinski definition) is 2. The third-order valence-corrected chi connectivity index (χ3v) is 6.65. The summed E-state index contributed by atoms with van der Waals surface area (Å²) in [5.41, 5.74) is 4.42. The Kier molecular flexibility index (Phi) is 5.73. The Balaban J connectivity index is 1.91. The fourth-order valence-corrected chi connectivity index (χ4v) is 5.12. The monoisotopic (exact) mass is 361 g/mol. The summed E-state index contributed by atoms with van der Waals surface area (Å²) in [6.45, 7) is 2.63. The first-order valence-corrected chi connectivity index (χ1v) is 9.86. The molecule has 0 fully saturated rings. The average molecular weight is 362 g/mol. The number of likely N-dealkylation sites (N-methyl/N-ethyl adjacent to an activating group) is 1. The van der Waals surface area contributed by atoms with Gasteiger partial charge in [-0.2, -0.15) is 0 Å². The zero-order valence-corrected chi connectivity index (χ0v) is 17.0. The lowest BCUT2D eigenvalue weighted by Crippen LogP contribution is -2.48. The van der Waals surface area contributed by atoms with E-state index in [9.17, 15) is 4.39 Å². The first kappa shape index (κ1) is 19.4. The molecule has 1 heterocycles. The number of allylic oxidation sites excluding steroid dienone is 4. The van der Waals surface area contributed by atoms with Crippen molar-refractivity contribution in [2.24, 2.45) is 5.92 Å². The molecule has 26 heavy (non-hydrogen) atoms. The topological polar surface area (TPSA) is 12.5 Å². The Morgan fingerprint density at radius 1 is 1.27 bits per heavy atom. The highest BCUT2D eigenvalue weighted by molar-refractivity contribution is 5.48. The molecule has 0 bridgehead atoms. The molecule has 0 N–H and O–H groups in total. The molecule has 0 saturated carbocycles. The number of fused-ring (bicyclic) bond motifs is 2. The molecule has 3 nitrogen and oxygen atoms in total. The first-order chi connectivity index (χ1) is 12.4. The van der Waals surface area contributed by atoms with Gasteiger partial charge in [0.25, 0.3) is 0 Å². The molecule has 0 spiro atoms. The molecular weight excluding hydrogens is 327 g/mol. The van der Waals surface area contributed by atoms with Crippen LogP contribution in [0.2, 0.25) is 0 Å². The van der Waals surface area contributed by atoms with Gasteiger partial charge >= 0.3 is 0 Å². The molecule has 1 aliphatic heterocycles. The SMILES string of the molecule is COC1=CCC2=C(C=C1)[N+](C)(C)C1CC(C)C(N(C)CCF)CCC=C21. The van der Waals surface area contributed by atoms with Crippen LogP contribution < -0.4 is 0 Å². The molecule has 0 radical (unpaired) electrons. The van der Waals surface area contributed by atoms with Crippen molar-refractivity contribution in [1.29, 1.82) is 0 Å². The highest BCUT2D eigenvalue weighted by Gasteiger charge is 2.46. The van der Waals surface area contributed by atoms with Crippen molar-refractivity contribution in [3.8, 4) is 0 Å². The molecule has 0 amide bonds. The quantitative estimate of drug-likeness (QED) is 0.696. The fraction of sp³-hybridized carbons (Fsp3) is 0.636. The zero-order valence-electron chi connectivity index (χ0n) is 17.0. The van der Waals surface area contributed by atoms with E-state index in [0.29, 0.717) is 24.5 Å². The van der Waals surface area contributed by atoms with Crippen LogP contribution in [0.4, 0.5) is 4.39 Å². The van der Waals surface area contributed by atoms with Crippen LogP contribution in [-0.4, -0.2) is 62.9 Å². The van der Waals surface area contributed by atoms with Crippen LogP contribution >= 0.6 is 0 Å². The Bertz CT molecular complexity index is 659. The van der Waals surface area contributed by atoms with Crippen LogP contribution in [0.3, 0.4) is 0 Å². The predicted octanol–water partition coefficient (Wildman–Crippen LogP) is 4.21. The van der Waals surface area contributed by atoms with E-state index in [1.54, 1.807) is 7.11 Å². The molecule has 3 atom stereocenters. The largest absolute Gasteiger partial charge is 0.497 e. The molecule has 0 aromatic rings. The summed E-state index contributed by atoms with van der Waals surface area (Å²) in [6, 6.07) is 0.943. The van der Waals surface area contributed by atoms with Crippen molar-refractivity contribution in [3.63, 3.8) is 0 Å². The number of methoxy groups -OCH3 is 1. The molecule has 144 valence electrons. The molecule has 3 aliphatic rings. The molecule has 0 aromatic carbocycles. The van der Waals surface area contributed by atoms with Crippen LogP contribution in [0.15, 0.2) is 46.9 Å². The normalized spacial score (nSPS) is 30.8. The molecule has 3 unspecified atom stereocenters. The number of nitrogens with zero attached hydrogens (tertiary/aromatic N) is 2. The van der Waals surface area contributed by atoms with E-state index in [4.69, 9.17) is 4.74 Å². The minimum atomic E-state index is -0.263. The van der Waals surface area contributed by atoms with Crippen molar-refractivity contribution < 1.29 is 13.6 Å². The van der Waals surface area contributed by atoms with Crippen LogP contribution in [0.25, 0.3) is 0 Å². The number of hydrogen-bond donors (Lipinski definition) is 0. The molecule has 2 aliphatic carbocycles. The summed E-state index contributed by atoms with van der Waals surface area (Å²) in [6.07, 6.45) is 13.3. The van der Waals surface area contributed by atoms with Crippen LogP contribution in [-0.2, 0) is 4.74 Å². The fourth-order valence-electron chi connectivity index (χ4n) is 5.12. The first-order valence-electron chi connectivity index (χ1n) is 9.86. The molecule has 0 aromatic heterocycles. The Hall–Kier alpha value is -1.39. The van der Waals surface area contributed by atoms with Gasteiger partial charge in [-0.15, -0.1) is 0 Å². The maximum atomic E-state index is 12.9. The van der Waals surface area contributed by atoms with Crippen LogP contribution in [0.5, 0.6) is 0 Å². The maximum Gasteiger partial charge on any atom is 0.137 e. The van der Waals surface area contributed by atoms with E-state index < -0.39 is 0 Å². The summed E-state index contributed by atoms with van der Waals surface area (Å²) in [5, 5.41) is 0. The van der Waals surface area contributed by atoms with Crippen molar-refractivity contribution in [2.45, 2.75) is 44.7 Å². The summed E-state index contributed by atoms with van der Waals surface area (Å²) in [4.78, 5) is 2.23. The van der Waals surface area contributed by atoms with Crippen LogP contribution in [0, 0.1) is 5.92 Å². The van der Waals surface area contributed by atoms with Gasteiger partial charge in [-0.05, 0) is 38.0 Å². The maximum absolute atomic E-state index is 12.9. The van der Waals surface area contributed by atoms with E-state index in [-0.39, 0.29) is 6.67 Å². The lowest BCUT2D eigenvalue weighted by atomic mass is 9.82. The van der Waals surface area contributed by atoms with Gasteiger partial charge in [0.2, 0.25) is 0 Å². The van der Waals surface area contributed by atoms with Gasteiger partial charge in [0.05, 0.1) is 21.2 Å². The van der Waals surface area contributed by atoms with Gasteiger partial charge in [0, 0.05) is 42.7 Å². The Morgan fingerprint density at radius 2 is 2.04 bits per heavy atom. The van der Waals surface area contributed by atoms with Crippen LogP contribution in [0.1, 0.15) is 32.6 Å². The highest BCUT2D eigenvalue weighted by Crippen LogP contribution is 2.45. The third-order valence-electron chi connectivity index (χ3n) is 6.65. The van der Waals surface area contributed by atoms with Gasteiger partial charge < -0.3 is 9.64 Å². The van der Waals surface area contributed by atoms with Gasteiger partial charge in [-0.1, -0.05) is 13.0 Å². The number of halogens is 1. The van der Waals surface area contributed by atoms with E-state index in [1.807, 2.05) is 0 Å². The van der Waals surface area contributed by atoms with Gasteiger partial charge in [0.15, 0.2) is 0 Å². The highest BCUT2D eigenvalue weighted by atomic mass is 19.1. The Labute approximate surface area is 158 Å². The number of rotatable bonds is 4. The Morgan fingerprint density at radius 3 is 2.73 bits per heavy atom. The molecular formula is C22H34FN2O+. The van der Waals surface area contributed by atoms with Crippen molar-refractivity contribution in [1.82, 2.24) is 4.90 Å².